The molecule has 8 heteroatoms. The van der Waals surface area contributed by atoms with Gasteiger partial charge >= 0.3 is 0 Å². The Morgan fingerprint density at radius 2 is 2.04 bits per heavy atom. The molecule has 0 saturated carbocycles. The molecule has 2 heterocycles. The van der Waals surface area contributed by atoms with E-state index in [2.05, 4.69) is 0 Å². The summed E-state index contributed by atoms with van der Waals surface area (Å²) in [7, 11) is -2.10. The quantitative estimate of drug-likeness (QED) is 0.750. The van der Waals surface area contributed by atoms with E-state index in [-0.39, 0.29) is 11.0 Å². The Labute approximate surface area is 148 Å². The zero-order valence-corrected chi connectivity index (χ0v) is 15.5. The third kappa shape index (κ3) is 3.68. The second-order valence-electron chi connectivity index (χ2n) is 6.33. The average Bonchev–Trinajstić information content (AvgIpc) is 3.03. The maximum Gasteiger partial charge on any atom is 0.243 e. The van der Waals surface area contributed by atoms with Gasteiger partial charge in [-0.25, -0.2) is 8.42 Å². The van der Waals surface area contributed by atoms with Gasteiger partial charge in [0.25, 0.3) is 0 Å². The minimum Gasteiger partial charge on any atom is -0.497 e. The van der Waals surface area contributed by atoms with Crippen molar-refractivity contribution in [2.45, 2.75) is 29.9 Å². The number of nitrogens with zero attached hydrogens (tertiary/aromatic N) is 1. The number of hydrogen-bond acceptors (Lipinski definition) is 6. The normalized spacial score (nSPS) is 27.7. The zero-order chi connectivity index (χ0) is 17.9. The summed E-state index contributed by atoms with van der Waals surface area (Å²) in [6, 6.07) is 6.46. The molecule has 7 nitrogen and oxygen atoms in total. The van der Waals surface area contributed by atoms with Crippen LogP contribution in [0.15, 0.2) is 29.2 Å². The monoisotopic (exact) mass is 371 g/mol. The molecule has 2 aliphatic rings. The molecule has 25 heavy (non-hydrogen) atoms. The van der Waals surface area contributed by atoms with Crippen LogP contribution in [0.3, 0.4) is 0 Å². The number of sulfonamides is 1. The van der Waals surface area contributed by atoms with Crippen molar-refractivity contribution < 1.29 is 27.4 Å². The smallest absolute Gasteiger partial charge is 0.243 e. The molecule has 0 unspecified atom stereocenters. The summed E-state index contributed by atoms with van der Waals surface area (Å²) < 4.78 is 49.9. The van der Waals surface area contributed by atoms with Crippen molar-refractivity contribution in [1.29, 1.82) is 0 Å². The highest BCUT2D eigenvalue weighted by Crippen LogP contribution is 2.37. The first-order valence-electron chi connectivity index (χ1n) is 8.46. The van der Waals surface area contributed by atoms with E-state index in [9.17, 15) is 8.42 Å². The standard InChI is InChI=1S/C17H25NO6S/c1-3-22-11-15-10-17(13-24-15)12-23-9-8-18(17)25(19,20)16-6-4-14(21-2)5-7-16/h4-7,15H,3,8-13H2,1-2H3/t15-,17+/m0/s1. The van der Waals surface area contributed by atoms with Crippen LogP contribution in [-0.4, -0.2) is 71.1 Å². The number of morpholine rings is 1. The highest BCUT2D eigenvalue weighted by Gasteiger charge is 2.51. The van der Waals surface area contributed by atoms with E-state index >= 15 is 0 Å². The van der Waals surface area contributed by atoms with Crippen LogP contribution in [0, 0.1) is 0 Å². The van der Waals surface area contributed by atoms with Crippen LogP contribution in [0.4, 0.5) is 0 Å². The van der Waals surface area contributed by atoms with E-state index in [1.165, 1.54) is 0 Å². The van der Waals surface area contributed by atoms with Gasteiger partial charge in [0, 0.05) is 13.2 Å². The van der Waals surface area contributed by atoms with Crippen molar-refractivity contribution in [3.63, 3.8) is 0 Å². The predicted molar refractivity (Wildman–Crippen MR) is 91.3 cm³/mol. The molecule has 1 spiro atoms. The van der Waals surface area contributed by atoms with Gasteiger partial charge in [0.1, 0.15) is 5.75 Å². The summed E-state index contributed by atoms with van der Waals surface area (Å²) in [6.45, 7) is 4.36. The predicted octanol–water partition coefficient (Wildman–Crippen LogP) is 1.28. The van der Waals surface area contributed by atoms with Crippen LogP contribution in [0.1, 0.15) is 13.3 Å². The van der Waals surface area contributed by atoms with E-state index in [0.717, 1.165) is 0 Å². The number of rotatable bonds is 6. The molecular formula is C17H25NO6S. The summed E-state index contributed by atoms with van der Waals surface area (Å²) in [5.41, 5.74) is -0.668. The van der Waals surface area contributed by atoms with Gasteiger partial charge in [-0.3, -0.25) is 0 Å². The fourth-order valence-electron chi connectivity index (χ4n) is 3.41. The third-order valence-electron chi connectivity index (χ3n) is 4.69. The fraction of sp³-hybridized carbons (Fsp3) is 0.647. The molecule has 2 saturated heterocycles. The van der Waals surface area contributed by atoms with Crippen molar-refractivity contribution >= 4 is 10.0 Å². The fourth-order valence-corrected chi connectivity index (χ4v) is 5.15. The van der Waals surface area contributed by atoms with E-state index < -0.39 is 15.6 Å². The highest BCUT2D eigenvalue weighted by atomic mass is 32.2. The minimum atomic E-state index is -3.65. The number of hydrogen-bond donors (Lipinski definition) is 0. The Kier molecular flexibility index (Phi) is 5.65. The summed E-state index contributed by atoms with van der Waals surface area (Å²) in [4.78, 5) is 0.253. The van der Waals surface area contributed by atoms with E-state index in [0.29, 0.717) is 51.7 Å². The van der Waals surface area contributed by atoms with Gasteiger partial charge in [0.2, 0.25) is 10.0 Å². The third-order valence-corrected chi connectivity index (χ3v) is 6.71. The molecule has 140 valence electrons. The van der Waals surface area contributed by atoms with Gasteiger partial charge < -0.3 is 18.9 Å². The molecule has 0 radical (unpaired) electrons. The van der Waals surface area contributed by atoms with Crippen LogP contribution in [-0.2, 0) is 24.2 Å². The van der Waals surface area contributed by atoms with Crippen LogP contribution in [0.5, 0.6) is 5.75 Å². The van der Waals surface area contributed by atoms with Gasteiger partial charge in [-0.15, -0.1) is 0 Å². The van der Waals surface area contributed by atoms with Gasteiger partial charge in [0.05, 0.1) is 50.1 Å². The lowest BCUT2D eigenvalue weighted by Crippen LogP contribution is -2.59. The summed E-state index contributed by atoms with van der Waals surface area (Å²) >= 11 is 0. The average molecular weight is 371 g/mol. The summed E-state index contributed by atoms with van der Waals surface area (Å²) in [5.74, 6) is 0.622. The summed E-state index contributed by atoms with van der Waals surface area (Å²) in [6.07, 6.45) is 0.456. The van der Waals surface area contributed by atoms with E-state index in [1.807, 2.05) is 6.92 Å². The summed E-state index contributed by atoms with van der Waals surface area (Å²) in [5, 5.41) is 0. The number of ether oxygens (including phenoxy) is 4. The lowest BCUT2D eigenvalue weighted by atomic mass is 9.96. The topological polar surface area (TPSA) is 74.3 Å². The molecule has 0 bridgehead atoms. The van der Waals surface area contributed by atoms with Gasteiger partial charge in [-0.2, -0.15) is 4.31 Å². The molecule has 0 amide bonds. The maximum atomic E-state index is 13.2. The van der Waals surface area contributed by atoms with Crippen molar-refractivity contribution in [3.8, 4) is 5.75 Å². The largest absolute Gasteiger partial charge is 0.497 e. The second-order valence-corrected chi connectivity index (χ2v) is 8.19. The number of benzene rings is 1. The maximum absolute atomic E-state index is 13.2. The van der Waals surface area contributed by atoms with Crippen LogP contribution < -0.4 is 4.74 Å². The Balaban J connectivity index is 1.85. The molecule has 2 aliphatic heterocycles. The highest BCUT2D eigenvalue weighted by molar-refractivity contribution is 7.89. The zero-order valence-electron chi connectivity index (χ0n) is 14.6. The lowest BCUT2D eigenvalue weighted by Gasteiger charge is -2.42. The van der Waals surface area contributed by atoms with Crippen LogP contribution in [0.2, 0.25) is 0 Å². The Bertz CT molecular complexity index is 677. The minimum absolute atomic E-state index is 0.116. The van der Waals surface area contributed by atoms with E-state index in [1.54, 1.807) is 35.7 Å². The second kappa shape index (κ2) is 7.59. The molecule has 2 fully saturated rings. The Morgan fingerprint density at radius 1 is 1.28 bits per heavy atom. The molecule has 2 atom stereocenters. The first kappa shape index (κ1) is 18.6. The van der Waals surface area contributed by atoms with Crippen molar-refractivity contribution in [1.82, 2.24) is 4.31 Å². The van der Waals surface area contributed by atoms with Gasteiger partial charge in [-0.1, -0.05) is 0 Å². The first-order chi connectivity index (χ1) is 12.0. The lowest BCUT2D eigenvalue weighted by molar-refractivity contribution is -0.0315. The molecule has 3 rings (SSSR count). The molecule has 0 aliphatic carbocycles. The Hall–Kier alpha value is -1.19. The van der Waals surface area contributed by atoms with E-state index in [4.69, 9.17) is 18.9 Å². The molecule has 1 aromatic rings. The van der Waals surface area contributed by atoms with Crippen molar-refractivity contribution in [3.05, 3.63) is 24.3 Å². The van der Waals surface area contributed by atoms with Crippen LogP contribution in [0.25, 0.3) is 0 Å². The Morgan fingerprint density at radius 3 is 2.72 bits per heavy atom. The van der Waals surface area contributed by atoms with Crippen molar-refractivity contribution in [2.24, 2.45) is 0 Å². The van der Waals surface area contributed by atoms with Gasteiger partial charge in [-0.05, 0) is 37.6 Å². The SMILES string of the molecule is CCOC[C@@H]1C[C@@]2(COCCN2S(=O)(=O)c2ccc(OC)cc2)CO1. The molecule has 0 N–H and O–H groups in total. The molecular weight excluding hydrogens is 346 g/mol. The van der Waals surface area contributed by atoms with Crippen LogP contribution >= 0.6 is 0 Å². The molecule has 0 aromatic heterocycles. The molecule has 1 aromatic carbocycles. The van der Waals surface area contributed by atoms with Crippen molar-refractivity contribution in [2.75, 3.05) is 46.7 Å². The number of methoxy groups -OCH3 is 1. The first-order valence-corrected chi connectivity index (χ1v) is 9.90. The van der Waals surface area contributed by atoms with Gasteiger partial charge in [0.15, 0.2) is 0 Å².